The van der Waals surface area contributed by atoms with E-state index < -0.39 is 37.7 Å². The Bertz CT molecular complexity index is 1490. The van der Waals surface area contributed by atoms with Crippen LogP contribution < -0.4 is 0 Å². The maximum absolute atomic E-state index is 13.3. The molecular formula is C28H27ClN2O4RuS2. The Labute approximate surface area is 239 Å². The molecule has 0 saturated carbocycles. The van der Waals surface area contributed by atoms with Crippen molar-refractivity contribution in [3.63, 3.8) is 0 Å². The van der Waals surface area contributed by atoms with Gasteiger partial charge in [0.1, 0.15) is 0 Å². The first-order chi connectivity index (χ1) is 17.8. The number of sulfone groups is 1. The van der Waals surface area contributed by atoms with Gasteiger partial charge in [0.05, 0.1) is 25.6 Å². The summed E-state index contributed by atoms with van der Waals surface area (Å²) in [5.41, 5.74) is 10.1. The Balaban J connectivity index is 0.00000165. The van der Waals surface area contributed by atoms with E-state index in [-0.39, 0.29) is 22.8 Å². The predicted octanol–water partition coefficient (Wildman–Crippen LogP) is 7.39. The number of hydrogen-bond acceptors (Lipinski definition) is 4. The molecule has 6 nitrogen and oxygen atoms in total. The van der Waals surface area contributed by atoms with E-state index in [9.17, 15) is 16.8 Å². The summed E-state index contributed by atoms with van der Waals surface area (Å²) in [4.78, 5) is 0.00553. The van der Waals surface area contributed by atoms with Gasteiger partial charge < -0.3 is 17.9 Å². The molecule has 4 aromatic carbocycles. The summed E-state index contributed by atoms with van der Waals surface area (Å²) >= 11 is 1.82. The molecule has 0 saturated heterocycles. The van der Waals surface area contributed by atoms with E-state index in [4.69, 9.17) is 5.73 Å². The van der Waals surface area contributed by atoms with E-state index in [1.165, 1.54) is 24.3 Å². The Morgan fingerprint density at radius 2 is 1.13 bits per heavy atom. The van der Waals surface area contributed by atoms with Crippen LogP contribution in [0.5, 0.6) is 0 Å². The van der Waals surface area contributed by atoms with Crippen LogP contribution in [-0.2, 0) is 42.9 Å². The third-order valence-electron chi connectivity index (χ3n) is 5.54. The monoisotopic (exact) mass is 656 g/mol. The van der Waals surface area contributed by atoms with Gasteiger partial charge in [0.2, 0.25) is 9.84 Å². The fourth-order valence-electron chi connectivity index (χ4n) is 3.83. The van der Waals surface area contributed by atoms with Crippen molar-refractivity contribution >= 4 is 29.6 Å². The molecule has 0 bridgehead atoms. The molecule has 0 aliphatic carbocycles. The fourth-order valence-corrected chi connectivity index (χ4v) is 6.74. The predicted molar refractivity (Wildman–Crippen MR) is 149 cm³/mol. The van der Waals surface area contributed by atoms with E-state index in [1.54, 1.807) is 84.9 Å². The van der Waals surface area contributed by atoms with Crippen LogP contribution in [0.25, 0.3) is 10.5 Å². The second-order valence-corrected chi connectivity index (χ2v) is 11.6. The molecule has 4 rings (SSSR count). The first-order valence-corrected chi connectivity index (χ1v) is 16.4. The van der Waals surface area contributed by atoms with E-state index in [0.717, 1.165) is 0 Å². The number of nitrogens with one attached hydrogen (secondary N) is 1. The number of halogens is 1. The van der Waals surface area contributed by atoms with Crippen LogP contribution >= 0.6 is 9.69 Å². The first-order valence-electron chi connectivity index (χ1n) is 11.1. The van der Waals surface area contributed by atoms with E-state index in [1.807, 2.05) is 23.4 Å². The maximum Gasteiger partial charge on any atom is 0.206 e. The first kappa shape index (κ1) is 31.8. The standard InChI is InChI=1S/C27H24N2O4S2.CH3.ClH.Ru/c28-26(21-12-4-1-5-13-21)27(22-14-6-2-7-15-22)29-34(30,31)20-23-16-10-11-19-25(23)35(32,33)24-17-8-3-9-18-24;;;/h1-19,26-28H,20H2;1H3;1H;/q-2;-1;;+4/p-1. The molecule has 0 heterocycles. The van der Waals surface area contributed by atoms with Gasteiger partial charge in [-0.25, -0.2) is 16.8 Å². The van der Waals surface area contributed by atoms with Crippen molar-refractivity contribution < 1.29 is 34.1 Å². The summed E-state index contributed by atoms with van der Waals surface area (Å²) in [6.45, 7) is 0. The van der Waals surface area contributed by atoms with Gasteiger partial charge in [0.25, 0.3) is 0 Å². The number of hydrogen-bond donors (Lipinski definition) is 0. The normalized spacial score (nSPS) is 12.8. The van der Waals surface area contributed by atoms with Gasteiger partial charge in [-0.1, -0.05) is 108 Å². The molecule has 38 heavy (non-hydrogen) atoms. The van der Waals surface area contributed by atoms with Crippen molar-refractivity contribution in [2.45, 2.75) is 27.6 Å². The molecule has 10 heteroatoms. The van der Waals surface area contributed by atoms with Gasteiger partial charge in [-0.15, -0.1) is 12.1 Å². The fraction of sp³-hybridized carbons (Fsp3) is 0.107. The number of sulfonamides is 1. The molecule has 0 radical (unpaired) electrons. The summed E-state index contributed by atoms with van der Waals surface area (Å²) < 4.78 is 57.2. The average Bonchev–Trinajstić information content (AvgIpc) is 2.94. The largest absolute Gasteiger partial charge is 0.672 e. The van der Waals surface area contributed by atoms with E-state index in [2.05, 4.69) is 14.4 Å². The van der Waals surface area contributed by atoms with Crippen LogP contribution in [0.2, 0.25) is 0 Å². The minimum atomic E-state index is -4.16. The van der Waals surface area contributed by atoms with Gasteiger partial charge in [-0.2, -0.15) is 0 Å². The number of benzene rings is 4. The zero-order chi connectivity index (χ0) is 26.9. The molecule has 1 N–H and O–H groups in total. The van der Waals surface area contributed by atoms with Crippen molar-refractivity contribution in [1.82, 2.24) is 0 Å². The molecule has 4 aromatic rings. The van der Waals surface area contributed by atoms with Crippen LogP contribution in [0.1, 0.15) is 28.8 Å². The third-order valence-corrected chi connectivity index (χ3v) is 8.64. The zero-order valence-electron chi connectivity index (χ0n) is 20.5. The Kier molecular flexibility index (Phi) is 12.3. The molecule has 2 atom stereocenters. The summed E-state index contributed by atoms with van der Waals surface area (Å²) in [5.74, 6) is -0.597. The van der Waals surface area contributed by atoms with Crippen molar-refractivity contribution in [2.75, 3.05) is 0 Å². The van der Waals surface area contributed by atoms with Crippen LogP contribution in [0.3, 0.4) is 0 Å². The number of rotatable bonds is 9. The van der Waals surface area contributed by atoms with Crippen LogP contribution in [-0.4, -0.2) is 16.8 Å². The summed E-state index contributed by atoms with van der Waals surface area (Å²) in [7, 11) is -3.52. The molecule has 0 aliphatic rings. The topological polar surface area (TPSA) is 106 Å². The second kappa shape index (κ2) is 14.7. The summed E-state index contributed by atoms with van der Waals surface area (Å²) in [5, 5.41) is 0. The minimum absolute atomic E-state index is 0. The van der Waals surface area contributed by atoms with Crippen molar-refractivity contribution in [3.8, 4) is 0 Å². The van der Waals surface area contributed by atoms with Crippen LogP contribution in [0.15, 0.2) is 125 Å². The SMILES string of the molecule is [CH3-].[Cl][Ru+3].[NH-]C(c1ccccc1)C([N-]S(=O)(=O)Cc1ccccc1S(=O)(=O)c1ccccc1)c1ccccc1. The molecule has 0 aromatic heterocycles. The maximum atomic E-state index is 13.3. The Morgan fingerprint density at radius 3 is 1.68 bits per heavy atom. The van der Waals surface area contributed by atoms with Crippen molar-refractivity contribution in [1.29, 1.82) is 0 Å². The van der Waals surface area contributed by atoms with E-state index >= 15 is 0 Å². The van der Waals surface area contributed by atoms with Gasteiger partial charge >= 0.3 is 27.0 Å². The number of nitrogens with zero attached hydrogens (tertiary/aromatic N) is 1. The van der Waals surface area contributed by atoms with Gasteiger partial charge in [-0.3, -0.25) is 0 Å². The molecule has 200 valence electrons. The average molecular weight is 656 g/mol. The third kappa shape index (κ3) is 8.06. The molecule has 0 spiro atoms. The molecule has 0 amide bonds. The molecular weight excluding hydrogens is 629 g/mol. The summed E-state index contributed by atoms with van der Waals surface area (Å²) in [6, 6.07) is 29.7. The molecule has 0 fully saturated rings. The van der Waals surface area contributed by atoms with Crippen molar-refractivity contribution in [2.24, 2.45) is 0 Å². The summed E-state index contributed by atoms with van der Waals surface area (Å²) in [6.07, 6.45) is 0. The van der Waals surface area contributed by atoms with Crippen LogP contribution in [0.4, 0.5) is 0 Å². The van der Waals surface area contributed by atoms with Crippen molar-refractivity contribution in [3.05, 3.63) is 150 Å². The Hall–Kier alpha value is -2.39. The van der Waals surface area contributed by atoms with Gasteiger partial charge in [0.15, 0.2) is 0 Å². The smallest absolute Gasteiger partial charge is 0.206 e. The minimum Gasteiger partial charge on any atom is -0.672 e. The van der Waals surface area contributed by atoms with Crippen LogP contribution in [0, 0.1) is 7.43 Å². The zero-order valence-corrected chi connectivity index (χ0v) is 24.6. The molecule has 0 aliphatic heterocycles. The molecule has 2 unspecified atom stereocenters. The van der Waals surface area contributed by atoms with Gasteiger partial charge in [-0.05, 0) is 23.8 Å². The quantitative estimate of drug-likeness (QED) is 0.138. The van der Waals surface area contributed by atoms with Gasteiger partial charge in [0, 0.05) is 0 Å². The Morgan fingerprint density at radius 1 is 0.684 bits per heavy atom. The second-order valence-electron chi connectivity index (χ2n) is 8.00. The van der Waals surface area contributed by atoms with E-state index in [0.29, 0.717) is 11.1 Å².